The van der Waals surface area contributed by atoms with Crippen LogP contribution in [0.4, 0.5) is 0 Å². The normalized spacial score (nSPS) is 12.2. The molecule has 0 aliphatic carbocycles. The second-order valence-corrected chi connectivity index (χ2v) is 5.00. The van der Waals surface area contributed by atoms with Crippen LogP contribution in [0.1, 0.15) is 20.8 Å². The topological polar surface area (TPSA) is 20.3 Å². The van der Waals surface area contributed by atoms with E-state index in [-0.39, 0.29) is 11.2 Å². The summed E-state index contributed by atoms with van der Waals surface area (Å²) < 4.78 is 0. The van der Waals surface area contributed by atoms with Crippen molar-refractivity contribution in [1.29, 1.82) is 0 Å². The highest BCUT2D eigenvalue weighted by molar-refractivity contribution is 8.00. The van der Waals surface area contributed by atoms with Gasteiger partial charge in [-0.25, -0.2) is 0 Å². The van der Waals surface area contributed by atoms with Crippen LogP contribution in [-0.4, -0.2) is 29.1 Å². The van der Waals surface area contributed by atoms with Crippen molar-refractivity contribution in [2.45, 2.75) is 30.9 Å². The fourth-order valence-corrected chi connectivity index (χ4v) is 2.52. The first-order valence-electron chi connectivity index (χ1n) is 5.69. The molecule has 0 saturated heterocycles. The zero-order chi connectivity index (χ0) is 12.0. The maximum atomic E-state index is 12.0. The van der Waals surface area contributed by atoms with Crippen molar-refractivity contribution < 1.29 is 4.79 Å². The second kappa shape index (κ2) is 6.59. The Labute approximate surface area is 102 Å². The van der Waals surface area contributed by atoms with E-state index < -0.39 is 0 Å². The molecule has 0 bridgehead atoms. The summed E-state index contributed by atoms with van der Waals surface area (Å²) in [6.07, 6.45) is 0. The average molecular weight is 237 g/mol. The van der Waals surface area contributed by atoms with Gasteiger partial charge >= 0.3 is 0 Å². The van der Waals surface area contributed by atoms with E-state index in [2.05, 4.69) is 0 Å². The summed E-state index contributed by atoms with van der Waals surface area (Å²) in [6, 6.07) is 10.1. The highest BCUT2D eigenvalue weighted by atomic mass is 32.2. The monoisotopic (exact) mass is 237 g/mol. The van der Waals surface area contributed by atoms with E-state index in [1.54, 1.807) is 11.8 Å². The summed E-state index contributed by atoms with van der Waals surface area (Å²) in [5.41, 5.74) is 0. The molecule has 0 unspecified atom stereocenters. The third-order valence-corrected chi connectivity index (χ3v) is 3.58. The molecule has 1 aromatic rings. The predicted octanol–water partition coefficient (Wildman–Crippen LogP) is 3.04. The molecule has 0 aliphatic heterocycles. The molecule has 1 aromatic carbocycles. The third kappa shape index (κ3) is 3.56. The van der Waals surface area contributed by atoms with E-state index in [4.69, 9.17) is 0 Å². The molecule has 88 valence electrons. The third-order valence-electron chi connectivity index (χ3n) is 2.48. The fourth-order valence-electron chi connectivity index (χ4n) is 1.55. The first kappa shape index (κ1) is 13.1. The number of carbonyl (C=O) groups excluding carboxylic acids is 1. The van der Waals surface area contributed by atoms with E-state index in [9.17, 15) is 4.79 Å². The number of carbonyl (C=O) groups is 1. The van der Waals surface area contributed by atoms with Gasteiger partial charge in [0.2, 0.25) is 5.91 Å². The van der Waals surface area contributed by atoms with E-state index in [1.807, 2.05) is 56.0 Å². The zero-order valence-corrected chi connectivity index (χ0v) is 11.0. The molecule has 0 heterocycles. The Kier molecular flexibility index (Phi) is 5.39. The largest absolute Gasteiger partial charge is 0.342 e. The molecule has 0 spiro atoms. The SMILES string of the molecule is CCN(CC)C(=O)[C@@H](C)Sc1ccccc1. The van der Waals surface area contributed by atoms with Gasteiger partial charge in [0.25, 0.3) is 0 Å². The maximum absolute atomic E-state index is 12.0. The summed E-state index contributed by atoms with van der Waals surface area (Å²) in [5, 5.41) is -0.0118. The van der Waals surface area contributed by atoms with E-state index in [0.717, 1.165) is 18.0 Å². The highest BCUT2D eigenvalue weighted by Gasteiger charge is 2.18. The summed E-state index contributed by atoms with van der Waals surface area (Å²) in [5.74, 6) is 0.221. The Bertz CT molecular complexity index is 322. The summed E-state index contributed by atoms with van der Waals surface area (Å²) in [7, 11) is 0. The van der Waals surface area contributed by atoms with Gasteiger partial charge < -0.3 is 4.90 Å². The first-order chi connectivity index (χ1) is 7.69. The van der Waals surface area contributed by atoms with Crippen molar-refractivity contribution in [3.05, 3.63) is 30.3 Å². The minimum Gasteiger partial charge on any atom is -0.342 e. The standard InChI is InChI=1S/C13H19NOS/c1-4-14(5-2)13(15)11(3)16-12-9-7-6-8-10-12/h6-11H,4-5H2,1-3H3/t11-/m1/s1. The van der Waals surface area contributed by atoms with Crippen LogP contribution >= 0.6 is 11.8 Å². The van der Waals surface area contributed by atoms with Gasteiger partial charge in [-0.1, -0.05) is 18.2 Å². The van der Waals surface area contributed by atoms with E-state index in [0.29, 0.717) is 0 Å². The summed E-state index contributed by atoms with van der Waals surface area (Å²) >= 11 is 1.62. The van der Waals surface area contributed by atoms with Crippen molar-refractivity contribution in [1.82, 2.24) is 4.90 Å². The van der Waals surface area contributed by atoms with Crippen molar-refractivity contribution in [2.75, 3.05) is 13.1 Å². The quantitative estimate of drug-likeness (QED) is 0.734. The van der Waals surface area contributed by atoms with Crippen LogP contribution in [-0.2, 0) is 4.79 Å². The predicted molar refractivity (Wildman–Crippen MR) is 69.7 cm³/mol. The number of rotatable bonds is 5. The minimum absolute atomic E-state index is 0.0118. The number of benzene rings is 1. The molecule has 0 fully saturated rings. The molecule has 1 atom stereocenters. The van der Waals surface area contributed by atoms with Gasteiger partial charge in [-0.15, -0.1) is 11.8 Å². The van der Waals surface area contributed by atoms with Gasteiger partial charge in [0, 0.05) is 18.0 Å². The summed E-state index contributed by atoms with van der Waals surface area (Å²) in [6.45, 7) is 7.57. The van der Waals surface area contributed by atoms with E-state index in [1.165, 1.54) is 0 Å². The molecule has 3 heteroatoms. The van der Waals surface area contributed by atoms with Crippen LogP contribution in [0.5, 0.6) is 0 Å². The van der Waals surface area contributed by atoms with E-state index >= 15 is 0 Å². The number of amides is 1. The molecule has 0 saturated carbocycles. The molecule has 0 aliphatic rings. The lowest BCUT2D eigenvalue weighted by molar-refractivity contribution is -0.129. The Morgan fingerprint density at radius 3 is 2.31 bits per heavy atom. The van der Waals surface area contributed by atoms with Gasteiger partial charge in [0.15, 0.2) is 0 Å². The van der Waals surface area contributed by atoms with Gasteiger partial charge in [-0.05, 0) is 32.9 Å². The number of hydrogen-bond acceptors (Lipinski definition) is 2. The fraction of sp³-hybridized carbons (Fsp3) is 0.462. The van der Waals surface area contributed by atoms with Crippen LogP contribution in [0.2, 0.25) is 0 Å². The molecule has 2 nitrogen and oxygen atoms in total. The molecular weight excluding hydrogens is 218 g/mol. The Balaban J connectivity index is 2.58. The Hall–Kier alpha value is -0.960. The lowest BCUT2D eigenvalue weighted by Gasteiger charge is -2.22. The minimum atomic E-state index is -0.0118. The van der Waals surface area contributed by atoms with Crippen molar-refractivity contribution in [3.8, 4) is 0 Å². The average Bonchev–Trinajstić information content (AvgIpc) is 2.31. The van der Waals surface area contributed by atoms with Gasteiger partial charge in [-0.3, -0.25) is 4.79 Å². The lowest BCUT2D eigenvalue weighted by atomic mass is 10.4. The van der Waals surface area contributed by atoms with Crippen LogP contribution in [0, 0.1) is 0 Å². The van der Waals surface area contributed by atoms with Crippen LogP contribution in [0.25, 0.3) is 0 Å². The van der Waals surface area contributed by atoms with Gasteiger partial charge in [-0.2, -0.15) is 0 Å². The molecule has 1 amide bonds. The zero-order valence-electron chi connectivity index (χ0n) is 10.1. The molecular formula is C13H19NOS. The smallest absolute Gasteiger partial charge is 0.235 e. The number of hydrogen-bond donors (Lipinski definition) is 0. The molecule has 0 radical (unpaired) electrons. The first-order valence-corrected chi connectivity index (χ1v) is 6.57. The molecule has 16 heavy (non-hydrogen) atoms. The Morgan fingerprint density at radius 2 is 1.81 bits per heavy atom. The summed E-state index contributed by atoms with van der Waals surface area (Å²) in [4.78, 5) is 15.0. The number of thioether (sulfide) groups is 1. The lowest BCUT2D eigenvalue weighted by Crippen LogP contribution is -2.36. The molecule has 0 aromatic heterocycles. The van der Waals surface area contributed by atoms with Crippen LogP contribution < -0.4 is 0 Å². The molecule has 0 N–H and O–H groups in total. The maximum Gasteiger partial charge on any atom is 0.235 e. The van der Waals surface area contributed by atoms with Crippen molar-refractivity contribution in [2.24, 2.45) is 0 Å². The Morgan fingerprint density at radius 1 is 1.25 bits per heavy atom. The number of nitrogens with zero attached hydrogens (tertiary/aromatic N) is 1. The second-order valence-electron chi connectivity index (χ2n) is 3.58. The van der Waals surface area contributed by atoms with Gasteiger partial charge in [0.05, 0.1) is 5.25 Å². The highest BCUT2D eigenvalue weighted by Crippen LogP contribution is 2.23. The molecule has 1 rings (SSSR count). The van der Waals surface area contributed by atoms with Crippen molar-refractivity contribution >= 4 is 17.7 Å². The van der Waals surface area contributed by atoms with Crippen LogP contribution in [0.3, 0.4) is 0 Å². The van der Waals surface area contributed by atoms with Gasteiger partial charge in [0.1, 0.15) is 0 Å². The van der Waals surface area contributed by atoms with Crippen LogP contribution in [0.15, 0.2) is 35.2 Å². The van der Waals surface area contributed by atoms with Crippen molar-refractivity contribution in [3.63, 3.8) is 0 Å².